The van der Waals surface area contributed by atoms with Crippen LogP contribution in [0.4, 0.5) is 0 Å². The second-order valence-electron chi connectivity index (χ2n) is 4.98. The van der Waals surface area contributed by atoms with Gasteiger partial charge in [0.2, 0.25) is 5.91 Å². The quantitative estimate of drug-likeness (QED) is 0.687. The number of nitrogens with one attached hydrogen (secondary N) is 2. The summed E-state index contributed by atoms with van der Waals surface area (Å²) in [6.07, 6.45) is 3.04. The fourth-order valence-corrected chi connectivity index (χ4v) is 2.24. The lowest BCUT2D eigenvalue weighted by molar-refractivity contribution is -0.137. The van der Waals surface area contributed by atoms with Crippen LogP contribution in [-0.2, 0) is 20.8 Å². The second kappa shape index (κ2) is 7.51. The molecule has 1 unspecified atom stereocenters. The van der Waals surface area contributed by atoms with E-state index in [4.69, 9.17) is 0 Å². The number of rotatable bonds is 7. The number of carbonyl (C=O) groups excluding carboxylic acids is 3. The average molecular weight is 301 g/mol. The molecule has 3 amide bonds. The lowest BCUT2D eigenvalue weighted by Gasteiger charge is -2.18. The summed E-state index contributed by atoms with van der Waals surface area (Å²) in [5.41, 5.74) is 1.06. The molecule has 0 radical (unpaired) electrons. The molecule has 2 N–H and O–H groups in total. The molecule has 0 fully saturated rings. The zero-order valence-corrected chi connectivity index (χ0v) is 12.4. The van der Waals surface area contributed by atoms with Gasteiger partial charge in [-0.15, -0.1) is 0 Å². The first-order valence-electron chi connectivity index (χ1n) is 7.14. The van der Waals surface area contributed by atoms with E-state index in [1.807, 2.05) is 30.3 Å². The molecule has 0 spiro atoms. The van der Waals surface area contributed by atoms with Crippen LogP contribution < -0.4 is 10.6 Å². The van der Waals surface area contributed by atoms with Crippen molar-refractivity contribution in [3.63, 3.8) is 0 Å². The summed E-state index contributed by atoms with van der Waals surface area (Å²) >= 11 is 0. The minimum Gasteiger partial charge on any atom is -0.353 e. The molecule has 0 saturated carbocycles. The molecule has 6 nitrogen and oxygen atoms in total. The van der Waals surface area contributed by atoms with Gasteiger partial charge in [0.05, 0.1) is 6.04 Å². The lowest BCUT2D eigenvalue weighted by atomic mass is 10.1. The van der Waals surface area contributed by atoms with E-state index >= 15 is 0 Å². The average Bonchev–Trinajstić information content (AvgIpc) is 2.85. The number of amides is 3. The van der Waals surface area contributed by atoms with E-state index in [0.29, 0.717) is 6.42 Å². The van der Waals surface area contributed by atoms with Crippen molar-refractivity contribution in [3.8, 4) is 0 Å². The van der Waals surface area contributed by atoms with Crippen molar-refractivity contribution in [1.29, 1.82) is 0 Å². The van der Waals surface area contributed by atoms with Gasteiger partial charge in [-0.1, -0.05) is 30.3 Å². The maximum Gasteiger partial charge on any atom is 0.253 e. The molecule has 0 saturated heterocycles. The largest absolute Gasteiger partial charge is 0.353 e. The molecule has 22 heavy (non-hydrogen) atoms. The van der Waals surface area contributed by atoms with E-state index in [9.17, 15) is 14.4 Å². The molecule has 1 aromatic carbocycles. The molecular weight excluding hydrogens is 282 g/mol. The standard InChI is InChI=1S/C16H19N3O3/c1-17-13(11-12-5-3-2-4-6-12)16(22)18-9-10-19-14(20)7-8-15(19)21/h2-8,13,17H,9-11H2,1H3,(H,18,22). The number of imide groups is 1. The van der Waals surface area contributed by atoms with Crippen molar-refractivity contribution in [2.75, 3.05) is 20.1 Å². The molecule has 1 atom stereocenters. The molecule has 1 aromatic rings. The number of likely N-dealkylation sites (N-methyl/N-ethyl adjacent to an activating group) is 1. The molecule has 1 aliphatic heterocycles. The second-order valence-corrected chi connectivity index (χ2v) is 4.98. The van der Waals surface area contributed by atoms with Crippen molar-refractivity contribution in [1.82, 2.24) is 15.5 Å². The highest BCUT2D eigenvalue weighted by Crippen LogP contribution is 2.04. The molecule has 6 heteroatoms. The third kappa shape index (κ3) is 4.02. The Balaban J connectivity index is 1.80. The van der Waals surface area contributed by atoms with Crippen molar-refractivity contribution in [2.45, 2.75) is 12.5 Å². The van der Waals surface area contributed by atoms with Crippen LogP contribution in [0.3, 0.4) is 0 Å². The Morgan fingerprint density at radius 2 is 1.77 bits per heavy atom. The van der Waals surface area contributed by atoms with E-state index in [-0.39, 0.29) is 36.9 Å². The Morgan fingerprint density at radius 3 is 2.36 bits per heavy atom. The Morgan fingerprint density at radius 1 is 1.14 bits per heavy atom. The SMILES string of the molecule is CNC(Cc1ccccc1)C(=O)NCCN1C(=O)C=CC1=O. The van der Waals surface area contributed by atoms with Crippen LogP contribution in [0.25, 0.3) is 0 Å². The normalized spacial score (nSPS) is 15.2. The van der Waals surface area contributed by atoms with E-state index in [1.54, 1.807) is 7.05 Å². The molecule has 0 bridgehead atoms. The van der Waals surface area contributed by atoms with Crippen LogP contribution in [0.1, 0.15) is 5.56 Å². The van der Waals surface area contributed by atoms with Gasteiger partial charge in [0.25, 0.3) is 11.8 Å². The van der Waals surface area contributed by atoms with Gasteiger partial charge in [-0.2, -0.15) is 0 Å². The molecule has 1 aliphatic rings. The Bertz CT molecular complexity index is 566. The third-order valence-corrected chi connectivity index (χ3v) is 3.48. The minimum absolute atomic E-state index is 0.154. The van der Waals surface area contributed by atoms with Gasteiger partial charge in [-0.05, 0) is 19.0 Å². The van der Waals surface area contributed by atoms with Gasteiger partial charge < -0.3 is 10.6 Å². The van der Waals surface area contributed by atoms with Gasteiger partial charge in [0.1, 0.15) is 0 Å². The third-order valence-electron chi connectivity index (χ3n) is 3.48. The number of nitrogens with zero attached hydrogens (tertiary/aromatic N) is 1. The highest BCUT2D eigenvalue weighted by atomic mass is 16.2. The van der Waals surface area contributed by atoms with Crippen LogP contribution in [0.2, 0.25) is 0 Å². The van der Waals surface area contributed by atoms with Gasteiger partial charge in [-0.25, -0.2) is 0 Å². The highest BCUT2D eigenvalue weighted by Gasteiger charge is 2.23. The van der Waals surface area contributed by atoms with Gasteiger partial charge in [-0.3, -0.25) is 19.3 Å². The number of hydrogen-bond acceptors (Lipinski definition) is 4. The van der Waals surface area contributed by atoms with Crippen molar-refractivity contribution in [3.05, 3.63) is 48.0 Å². The van der Waals surface area contributed by atoms with E-state index in [0.717, 1.165) is 10.5 Å². The number of hydrogen-bond donors (Lipinski definition) is 2. The minimum atomic E-state index is -0.356. The molecule has 1 heterocycles. The smallest absolute Gasteiger partial charge is 0.253 e. The predicted octanol–water partition coefficient (Wildman–Crippen LogP) is -0.142. The molecular formula is C16H19N3O3. The predicted molar refractivity (Wildman–Crippen MR) is 81.9 cm³/mol. The Hall–Kier alpha value is -2.47. The summed E-state index contributed by atoms with van der Waals surface area (Å²) in [6, 6.07) is 9.35. The summed E-state index contributed by atoms with van der Waals surface area (Å²) in [5, 5.41) is 5.72. The van der Waals surface area contributed by atoms with E-state index in [2.05, 4.69) is 10.6 Å². The summed E-state index contributed by atoms with van der Waals surface area (Å²) in [7, 11) is 1.73. The molecule has 0 aliphatic carbocycles. The fourth-order valence-electron chi connectivity index (χ4n) is 2.24. The Labute approximate surface area is 129 Å². The molecule has 2 rings (SSSR count). The van der Waals surface area contributed by atoms with Crippen LogP contribution >= 0.6 is 0 Å². The summed E-state index contributed by atoms with van der Waals surface area (Å²) in [4.78, 5) is 36.0. The van der Waals surface area contributed by atoms with Gasteiger partial charge >= 0.3 is 0 Å². The summed E-state index contributed by atoms with van der Waals surface area (Å²) < 4.78 is 0. The maximum atomic E-state index is 12.1. The zero-order valence-electron chi connectivity index (χ0n) is 12.4. The van der Waals surface area contributed by atoms with E-state index < -0.39 is 0 Å². The van der Waals surface area contributed by atoms with Crippen molar-refractivity contribution < 1.29 is 14.4 Å². The van der Waals surface area contributed by atoms with Crippen LogP contribution in [0.15, 0.2) is 42.5 Å². The summed E-state index contributed by atoms with van der Waals surface area (Å²) in [6.45, 7) is 0.420. The molecule has 0 aromatic heterocycles. The monoisotopic (exact) mass is 301 g/mol. The van der Waals surface area contributed by atoms with Crippen LogP contribution in [-0.4, -0.2) is 48.8 Å². The first kappa shape index (κ1) is 15.9. The fraction of sp³-hybridized carbons (Fsp3) is 0.312. The maximum absolute atomic E-state index is 12.1. The molecule has 116 valence electrons. The summed E-state index contributed by atoms with van der Waals surface area (Å²) in [5.74, 6) is -0.833. The van der Waals surface area contributed by atoms with Crippen molar-refractivity contribution >= 4 is 17.7 Å². The number of carbonyl (C=O) groups is 3. The number of benzene rings is 1. The van der Waals surface area contributed by atoms with Gasteiger partial charge in [0, 0.05) is 25.2 Å². The Kier molecular flexibility index (Phi) is 5.43. The zero-order chi connectivity index (χ0) is 15.9. The topological polar surface area (TPSA) is 78.5 Å². The highest BCUT2D eigenvalue weighted by molar-refractivity contribution is 6.12. The van der Waals surface area contributed by atoms with Crippen LogP contribution in [0.5, 0.6) is 0 Å². The van der Waals surface area contributed by atoms with Gasteiger partial charge in [0.15, 0.2) is 0 Å². The van der Waals surface area contributed by atoms with Crippen molar-refractivity contribution in [2.24, 2.45) is 0 Å². The lowest BCUT2D eigenvalue weighted by Crippen LogP contribution is -2.46. The van der Waals surface area contributed by atoms with Crippen LogP contribution in [0, 0.1) is 0 Å². The van der Waals surface area contributed by atoms with E-state index in [1.165, 1.54) is 12.2 Å². The first-order valence-corrected chi connectivity index (χ1v) is 7.14. The first-order chi connectivity index (χ1) is 10.6.